The zero-order chi connectivity index (χ0) is 13.3. The highest BCUT2D eigenvalue weighted by molar-refractivity contribution is 6.52. The number of amides is 1. The first-order valence-electron chi connectivity index (χ1n) is 6.48. The summed E-state index contributed by atoms with van der Waals surface area (Å²) in [7, 11) is 0. The molecule has 0 N–H and O–H groups in total. The third kappa shape index (κ3) is 2.17. The molecular weight excluding hydrogens is 226 g/mol. The summed E-state index contributed by atoms with van der Waals surface area (Å²) < 4.78 is 0. The van der Waals surface area contributed by atoms with Crippen LogP contribution in [0.2, 0.25) is 0 Å². The molecule has 96 valence electrons. The van der Waals surface area contributed by atoms with Gasteiger partial charge in [-0.1, -0.05) is 26.0 Å². The molecule has 0 atom stereocenters. The quantitative estimate of drug-likeness (QED) is 0.765. The van der Waals surface area contributed by atoms with Crippen LogP contribution >= 0.6 is 0 Å². The molecular formula is C15H19NO2. The monoisotopic (exact) mass is 245 g/mol. The van der Waals surface area contributed by atoms with Gasteiger partial charge in [0, 0.05) is 6.54 Å². The van der Waals surface area contributed by atoms with E-state index in [1.807, 2.05) is 19.1 Å². The Morgan fingerprint density at radius 3 is 2.61 bits per heavy atom. The summed E-state index contributed by atoms with van der Waals surface area (Å²) in [5.74, 6) is -0.115. The van der Waals surface area contributed by atoms with Crippen LogP contribution < -0.4 is 4.90 Å². The van der Waals surface area contributed by atoms with E-state index in [4.69, 9.17) is 0 Å². The summed E-state index contributed by atoms with van der Waals surface area (Å²) in [5.41, 5.74) is 2.37. The van der Waals surface area contributed by atoms with Crippen LogP contribution in [0.15, 0.2) is 18.2 Å². The highest BCUT2D eigenvalue weighted by Gasteiger charge is 2.36. The number of rotatable bonds is 4. The maximum Gasteiger partial charge on any atom is 0.299 e. The van der Waals surface area contributed by atoms with Gasteiger partial charge in [0.1, 0.15) is 0 Å². The van der Waals surface area contributed by atoms with Crippen molar-refractivity contribution in [2.45, 2.75) is 33.6 Å². The minimum atomic E-state index is -0.372. The molecule has 0 saturated carbocycles. The summed E-state index contributed by atoms with van der Waals surface area (Å²) in [4.78, 5) is 25.5. The fourth-order valence-electron chi connectivity index (χ4n) is 2.41. The average molecular weight is 245 g/mol. The Balaban J connectivity index is 2.23. The average Bonchev–Trinajstić information content (AvgIpc) is 2.55. The van der Waals surface area contributed by atoms with E-state index >= 15 is 0 Å². The van der Waals surface area contributed by atoms with Gasteiger partial charge >= 0.3 is 0 Å². The van der Waals surface area contributed by atoms with E-state index in [0.717, 1.165) is 24.1 Å². The van der Waals surface area contributed by atoms with Gasteiger partial charge in [0.05, 0.1) is 11.3 Å². The largest absolute Gasteiger partial charge is 0.304 e. The Bertz CT molecular complexity index is 491. The van der Waals surface area contributed by atoms with Gasteiger partial charge in [-0.3, -0.25) is 9.59 Å². The third-order valence-electron chi connectivity index (χ3n) is 3.35. The normalized spacial score (nSPS) is 14.6. The lowest BCUT2D eigenvalue weighted by molar-refractivity contribution is -0.114. The van der Waals surface area contributed by atoms with E-state index in [1.165, 1.54) is 0 Å². The standard InChI is InChI=1S/C15H19NO2/c1-10(2)6-5-9-16-13-11(3)7-4-8-12(13)14(17)15(16)18/h4,7-8,10H,5-6,9H2,1-3H3. The molecule has 1 heterocycles. The number of hydrogen-bond donors (Lipinski definition) is 0. The number of hydrogen-bond acceptors (Lipinski definition) is 2. The first-order chi connectivity index (χ1) is 8.52. The molecule has 1 aliphatic heterocycles. The number of nitrogens with zero attached hydrogens (tertiary/aromatic N) is 1. The number of aryl methyl sites for hydroxylation is 1. The Morgan fingerprint density at radius 2 is 1.94 bits per heavy atom. The molecule has 3 nitrogen and oxygen atoms in total. The van der Waals surface area contributed by atoms with Gasteiger partial charge in [-0.05, 0) is 37.3 Å². The topological polar surface area (TPSA) is 37.4 Å². The van der Waals surface area contributed by atoms with Crippen molar-refractivity contribution in [2.75, 3.05) is 11.4 Å². The summed E-state index contributed by atoms with van der Waals surface area (Å²) in [6.45, 7) is 6.91. The lowest BCUT2D eigenvalue weighted by atomic mass is 10.1. The van der Waals surface area contributed by atoms with Crippen molar-refractivity contribution >= 4 is 17.4 Å². The molecule has 0 radical (unpaired) electrons. The molecule has 2 rings (SSSR count). The fourth-order valence-corrected chi connectivity index (χ4v) is 2.41. The van der Waals surface area contributed by atoms with Gasteiger partial charge in [0.15, 0.2) is 0 Å². The summed E-state index contributed by atoms with van der Waals surface area (Å²) >= 11 is 0. The van der Waals surface area contributed by atoms with Crippen molar-refractivity contribution in [3.05, 3.63) is 29.3 Å². The number of carbonyl (C=O) groups excluding carboxylic acids is 2. The van der Waals surface area contributed by atoms with Crippen LogP contribution in [0.5, 0.6) is 0 Å². The highest BCUT2D eigenvalue weighted by atomic mass is 16.2. The van der Waals surface area contributed by atoms with Crippen LogP contribution in [-0.2, 0) is 4.79 Å². The number of anilines is 1. The molecule has 18 heavy (non-hydrogen) atoms. The van der Waals surface area contributed by atoms with E-state index in [2.05, 4.69) is 13.8 Å². The summed E-state index contributed by atoms with van der Waals surface area (Å²) in [5, 5.41) is 0. The Hall–Kier alpha value is -1.64. The second-order valence-corrected chi connectivity index (χ2v) is 5.29. The van der Waals surface area contributed by atoms with E-state index in [0.29, 0.717) is 18.0 Å². The molecule has 0 spiro atoms. The molecule has 1 aliphatic rings. The SMILES string of the molecule is Cc1cccc2c1N(CCCC(C)C)C(=O)C2=O. The number of fused-ring (bicyclic) bond motifs is 1. The summed E-state index contributed by atoms with van der Waals surface area (Å²) in [6.07, 6.45) is 2.00. The van der Waals surface area contributed by atoms with Crippen molar-refractivity contribution in [1.29, 1.82) is 0 Å². The number of Topliss-reactive ketones (excluding diaryl/α,β-unsaturated/α-hetero) is 1. The van der Waals surface area contributed by atoms with Crippen LogP contribution in [0.3, 0.4) is 0 Å². The maximum absolute atomic E-state index is 12.0. The van der Waals surface area contributed by atoms with Crippen LogP contribution in [0.25, 0.3) is 0 Å². The van der Waals surface area contributed by atoms with Gasteiger partial charge in [-0.25, -0.2) is 0 Å². The number of ketones is 1. The lowest BCUT2D eigenvalue weighted by Crippen LogP contribution is -2.31. The van der Waals surface area contributed by atoms with Gasteiger partial charge < -0.3 is 4.90 Å². The molecule has 3 heteroatoms. The minimum Gasteiger partial charge on any atom is -0.304 e. The van der Waals surface area contributed by atoms with E-state index in [-0.39, 0.29) is 11.7 Å². The lowest BCUT2D eigenvalue weighted by Gasteiger charge is -2.18. The molecule has 0 aromatic heterocycles. The number of carbonyl (C=O) groups is 2. The minimum absolute atomic E-state index is 0.363. The smallest absolute Gasteiger partial charge is 0.299 e. The van der Waals surface area contributed by atoms with Crippen molar-refractivity contribution < 1.29 is 9.59 Å². The summed E-state index contributed by atoms with van der Waals surface area (Å²) in [6, 6.07) is 5.52. The highest BCUT2D eigenvalue weighted by Crippen LogP contribution is 2.32. The van der Waals surface area contributed by atoms with E-state index < -0.39 is 0 Å². The molecule has 0 unspecified atom stereocenters. The fraction of sp³-hybridized carbons (Fsp3) is 0.467. The maximum atomic E-state index is 12.0. The van der Waals surface area contributed by atoms with Crippen LogP contribution in [-0.4, -0.2) is 18.2 Å². The van der Waals surface area contributed by atoms with E-state index in [9.17, 15) is 9.59 Å². The Labute approximate surface area is 108 Å². The molecule has 1 amide bonds. The second kappa shape index (κ2) is 4.92. The molecule has 0 aliphatic carbocycles. The van der Waals surface area contributed by atoms with E-state index in [1.54, 1.807) is 11.0 Å². The van der Waals surface area contributed by atoms with Crippen LogP contribution in [0.4, 0.5) is 5.69 Å². The Kier molecular flexibility index (Phi) is 3.50. The molecule has 0 saturated heterocycles. The predicted molar refractivity (Wildman–Crippen MR) is 71.9 cm³/mol. The number of para-hydroxylation sites is 1. The Morgan fingerprint density at radius 1 is 1.22 bits per heavy atom. The zero-order valence-electron chi connectivity index (χ0n) is 11.2. The first-order valence-corrected chi connectivity index (χ1v) is 6.48. The molecule has 1 aromatic rings. The molecule has 0 bridgehead atoms. The van der Waals surface area contributed by atoms with Crippen LogP contribution in [0.1, 0.15) is 42.6 Å². The van der Waals surface area contributed by atoms with Gasteiger partial charge in [-0.15, -0.1) is 0 Å². The van der Waals surface area contributed by atoms with Crippen molar-refractivity contribution in [3.8, 4) is 0 Å². The second-order valence-electron chi connectivity index (χ2n) is 5.29. The molecule has 0 fully saturated rings. The van der Waals surface area contributed by atoms with Gasteiger partial charge in [-0.2, -0.15) is 0 Å². The van der Waals surface area contributed by atoms with Crippen molar-refractivity contribution in [3.63, 3.8) is 0 Å². The predicted octanol–water partition coefficient (Wildman–Crippen LogP) is 2.96. The van der Waals surface area contributed by atoms with Crippen LogP contribution in [0, 0.1) is 12.8 Å². The van der Waals surface area contributed by atoms with Gasteiger partial charge in [0.2, 0.25) is 0 Å². The third-order valence-corrected chi connectivity index (χ3v) is 3.35. The van der Waals surface area contributed by atoms with Crippen molar-refractivity contribution in [2.24, 2.45) is 5.92 Å². The number of benzene rings is 1. The first kappa shape index (κ1) is 12.8. The molecule has 1 aromatic carbocycles. The zero-order valence-corrected chi connectivity index (χ0v) is 11.2. The van der Waals surface area contributed by atoms with Gasteiger partial charge in [0.25, 0.3) is 11.7 Å². The van der Waals surface area contributed by atoms with Crippen molar-refractivity contribution in [1.82, 2.24) is 0 Å².